The van der Waals surface area contributed by atoms with Crippen LogP contribution < -0.4 is 20.3 Å². The summed E-state index contributed by atoms with van der Waals surface area (Å²) in [6.45, 7) is 3.98. The molecule has 0 fully saturated rings. The molecule has 0 saturated carbocycles. The minimum Gasteiger partial charge on any atom is -0.492 e. The first kappa shape index (κ1) is 21.1. The Balaban J connectivity index is 0.00000261. The first-order chi connectivity index (χ1) is 12.8. The second kappa shape index (κ2) is 11.5. The van der Waals surface area contributed by atoms with E-state index in [9.17, 15) is 0 Å². The predicted octanol–water partition coefficient (Wildman–Crippen LogP) is 3.42. The van der Waals surface area contributed by atoms with Gasteiger partial charge in [0.25, 0.3) is 0 Å². The van der Waals surface area contributed by atoms with Gasteiger partial charge in [0.15, 0.2) is 5.96 Å². The number of nitrogens with zero attached hydrogens (tertiary/aromatic N) is 2. The minimum absolute atomic E-state index is 0. The summed E-state index contributed by atoms with van der Waals surface area (Å²) in [5.74, 6) is 1.65. The van der Waals surface area contributed by atoms with Crippen molar-refractivity contribution in [3.63, 3.8) is 0 Å². The molecular formula is C21H27IN4O. The van der Waals surface area contributed by atoms with Crippen LogP contribution in [0.25, 0.3) is 0 Å². The quantitative estimate of drug-likeness (QED) is 0.211. The van der Waals surface area contributed by atoms with Crippen molar-refractivity contribution in [1.29, 1.82) is 0 Å². The molecule has 144 valence electrons. The third-order valence-electron chi connectivity index (χ3n) is 4.18. The number of guanidine groups is 1. The summed E-state index contributed by atoms with van der Waals surface area (Å²) < 4.78 is 5.68. The van der Waals surface area contributed by atoms with Crippen molar-refractivity contribution in [1.82, 2.24) is 10.6 Å². The molecule has 0 aliphatic carbocycles. The number of nitrogens with one attached hydrogen (secondary N) is 2. The number of para-hydroxylation sites is 1. The fourth-order valence-corrected chi connectivity index (χ4v) is 2.81. The highest BCUT2D eigenvalue weighted by Crippen LogP contribution is 2.18. The monoisotopic (exact) mass is 478 g/mol. The van der Waals surface area contributed by atoms with Crippen LogP contribution in [-0.2, 0) is 6.54 Å². The summed E-state index contributed by atoms with van der Waals surface area (Å²) in [5.41, 5.74) is 2.49. The summed E-state index contributed by atoms with van der Waals surface area (Å²) in [7, 11) is 1.78. The summed E-state index contributed by atoms with van der Waals surface area (Å²) in [6.07, 6.45) is 4.41. The van der Waals surface area contributed by atoms with E-state index in [0.717, 1.165) is 31.3 Å². The highest BCUT2D eigenvalue weighted by Gasteiger charge is 2.08. The van der Waals surface area contributed by atoms with E-state index in [1.54, 1.807) is 7.05 Å². The molecule has 6 heteroatoms. The number of rotatable bonds is 7. The van der Waals surface area contributed by atoms with Crippen molar-refractivity contribution < 1.29 is 4.74 Å². The molecular weight excluding hydrogens is 451 g/mol. The Morgan fingerprint density at radius 3 is 2.56 bits per heavy atom. The molecule has 1 aliphatic rings. The maximum Gasteiger partial charge on any atom is 0.191 e. The summed E-state index contributed by atoms with van der Waals surface area (Å²) in [5, 5.41) is 6.62. The molecule has 0 atom stereocenters. The van der Waals surface area contributed by atoms with E-state index in [-0.39, 0.29) is 24.0 Å². The molecule has 0 radical (unpaired) electrons. The van der Waals surface area contributed by atoms with E-state index >= 15 is 0 Å². The Labute approximate surface area is 178 Å². The number of anilines is 1. The standard InChI is InChI=1S/C21H26N4O.HI/c1-22-21(23-12-15-26-20-10-3-2-4-11-20)24-17-18-8-7-9-19(16-18)25-13-5-6-14-25;/h2-11,16H,12-15,17H2,1H3,(H2,22,23,24);1H. The lowest BCUT2D eigenvalue weighted by atomic mass is 10.2. The maximum atomic E-state index is 5.68. The van der Waals surface area contributed by atoms with E-state index in [0.29, 0.717) is 13.2 Å². The molecule has 27 heavy (non-hydrogen) atoms. The van der Waals surface area contributed by atoms with Crippen LogP contribution in [0.1, 0.15) is 5.56 Å². The Kier molecular flexibility index (Phi) is 8.97. The van der Waals surface area contributed by atoms with Gasteiger partial charge in [-0.25, -0.2) is 0 Å². The van der Waals surface area contributed by atoms with Crippen molar-refractivity contribution in [3.05, 3.63) is 72.3 Å². The van der Waals surface area contributed by atoms with Gasteiger partial charge < -0.3 is 20.3 Å². The van der Waals surface area contributed by atoms with Crippen molar-refractivity contribution in [2.75, 3.05) is 38.2 Å². The Morgan fingerprint density at radius 1 is 1.04 bits per heavy atom. The molecule has 0 bridgehead atoms. The molecule has 2 aromatic rings. The van der Waals surface area contributed by atoms with Crippen LogP contribution in [0, 0.1) is 0 Å². The average Bonchev–Trinajstić information content (AvgIpc) is 3.23. The van der Waals surface area contributed by atoms with E-state index in [2.05, 4.69) is 56.9 Å². The maximum absolute atomic E-state index is 5.68. The fraction of sp³-hybridized carbons (Fsp3) is 0.286. The number of halogens is 1. The van der Waals surface area contributed by atoms with Crippen molar-refractivity contribution in [2.45, 2.75) is 6.54 Å². The van der Waals surface area contributed by atoms with E-state index in [4.69, 9.17) is 4.74 Å². The van der Waals surface area contributed by atoms with Gasteiger partial charge in [0, 0.05) is 32.4 Å². The molecule has 0 aromatic heterocycles. The Bertz CT molecular complexity index is 741. The van der Waals surface area contributed by atoms with Gasteiger partial charge in [0.2, 0.25) is 0 Å². The van der Waals surface area contributed by atoms with Crippen molar-refractivity contribution in [2.24, 2.45) is 4.99 Å². The molecule has 0 spiro atoms. The average molecular weight is 478 g/mol. The van der Waals surface area contributed by atoms with Crippen LogP contribution in [0.5, 0.6) is 5.75 Å². The minimum atomic E-state index is 0. The van der Waals surface area contributed by atoms with E-state index < -0.39 is 0 Å². The molecule has 2 N–H and O–H groups in total. The molecule has 5 nitrogen and oxygen atoms in total. The zero-order chi connectivity index (χ0) is 18.0. The van der Waals surface area contributed by atoms with Crippen LogP contribution in [0.4, 0.5) is 5.69 Å². The predicted molar refractivity (Wildman–Crippen MR) is 123 cm³/mol. The zero-order valence-electron chi connectivity index (χ0n) is 15.6. The van der Waals surface area contributed by atoms with E-state index in [1.165, 1.54) is 11.3 Å². The smallest absolute Gasteiger partial charge is 0.191 e. The SMILES string of the molecule is CN=C(NCCOc1ccccc1)NCc1cccc(N2CC=CC2)c1.I. The second-order valence-corrected chi connectivity index (χ2v) is 6.06. The normalized spacial score (nSPS) is 13.2. The molecule has 0 amide bonds. The summed E-state index contributed by atoms with van der Waals surface area (Å²) >= 11 is 0. The molecule has 1 heterocycles. The van der Waals surface area contributed by atoms with Crippen molar-refractivity contribution in [3.8, 4) is 5.75 Å². The van der Waals surface area contributed by atoms with Gasteiger partial charge in [-0.15, -0.1) is 24.0 Å². The summed E-state index contributed by atoms with van der Waals surface area (Å²) in [6, 6.07) is 18.4. The number of benzene rings is 2. The lowest BCUT2D eigenvalue weighted by Crippen LogP contribution is -2.38. The summed E-state index contributed by atoms with van der Waals surface area (Å²) in [4.78, 5) is 6.61. The van der Waals surface area contributed by atoms with Gasteiger partial charge >= 0.3 is 0 Å². The topological polar surface area (TPSA) is 48.9 Å². The lowest BCUT2D eigenvalue weighted by molar-refractivity contribution is 0.322. The van der Waals surface area contributed by atoms with Gasteiger partial charge in [-0.3, -0.25) is 4.99 Å². The van der Waals surface area contributed by atoms with Crippen molar-refractivity contribution >= 4 is 35.6 Å². The first-order valence-corrected chi connectivity index (χ1v) is 8.96. The molecule has 3 rings (SSSR count). The molecule has 0 unspecified atom stereocenters. The number of aliphatic imine (C=N–C) groups is 1. The van der Waals surface area contributed by atoms with Crippen LogP contribution in [0.15, 0.2) is 71.7 Å². The van der Waals surface area contributed by atoms with Gasteiger partial charge in [-0.2, -0.15) is 0 Å². The van der Waals surface area contributed by atoms with Crippen LogP contribution in [0.2, 0.25) is 0 Å². The zero-order valence-corrected chi connectivity index (χ0v) is 17.9. The van der Waals surface area contributed by atoms with Gasteiger partial charge in [-0.05, 0) is 29.8 Å². The molecule has 2 aromatic carbocycles. The third-order valence-corrected chi connectivity index (χ3v) is 4.18. The largest absolute Gasteiger partial charge is 0.492 e. The van der Waals surface area contributed by atoms with Crippen LogP contribution in [0.3, 0.4) is 0 Å². The lowest BCUT2D eigenvalue weighted by Gasteiger charge is -2.19. The first-order valence-electron chi connectivity index (χ1n) is 8.96. The van der Waals surface area contributed by atoms with Crippen LogP contribution >= 0.6 is 24.0 Å². The Morgan fingerprint density at radius 2 is 1.81 bits per heavy atom. The van der Waals surface area contributed by atoms with Gasteiger partial charge in [0.05, 0.1) is 6.54 Å². The fourth-order valence-electron chi connectivity index (χ4n) is 2.81. The highest BCUT2D eigenvalue weighted by molar-refractivity contribution is 14.0. The Hall–Kier alpha value is -2.22. The second-order valence-electron chi connectivity index (χ2n) is 6.06. The number of hydrogen-bond donors (Lipinski definition) is 2. The van der Waals surface area contributed by atoms with Crippen LogP contribution in [-0.4, -0.2) is 39.2 Å². The highest BCUT2D eigenvalue weighted by atomic mass is 127. The number of hydrogen-bond acceptors (Lipinski definition) is 3. The third kappa shape index (κ3) is 6.78. The molecule has 0 saturated heterocycles. The molecule has 1 aliphatic heterocycles. The van der Waals surface area contributed by atoms with Gasteiger partial charge in [0.1, 0.15) is 12.4 Å². The van der Waals surface area contributed by atoms with E-state index in [1.807, 2.05) is 30.3 Å². The number of ether oxygens (including phenoxy) is 1. The van der Waals surface area contributed by atoms with Gasteiger partial charge in [-0.1, -0.05) is 42.5 Å².